The second-order valence-corrected chi connectivity index (χ2v) is 6.51. The molecule has 4 nitrogen and oxygen atoms in total. The number of hydroxylamine groups is 2. The van der Waals surface area contributed by atoms with Crippen LogP contribution >= 0.6 is 24.0 Å². The van der Waals surface area contributed by atoms with Crippen molar-refractivity contribution in [2.75, 3.05) is 26.9 Å². The molecule has 1 unspecified atom stereocenters. The zero-order chi connectivity index (χ0) is 16.4. The van der Waals surface area contributed by atoms with E-state index in [1.807, 2.05) is 30.8 Å². The summed E-state index contributed by atoms with van der Waals surface area (Å²) >= 11 is 6.97. The van der Waals surface area contributed by atoms with Crippen molar-refractivity contribution in [2.24, 2.45) is 0 Å². The highest BCUT2D eigenvalue weighted by molar-refractivity contribution is 7.99. The number of ether oxygens (including phenoxy) is 2. The topological polar surface area (TPSA) is 30.9 Å². The molecule has 0 bridgehead atoms. The van der Waals surface area contributed by atoms with E-state index in [-0.39, 0.29) is 0 Å². The van der Waals surface area contributed by atoms with Gasteiger partial charge in [-0.2, -0.15) is 0 Å². The van der Waals surface area contributed by atoms with Crippen LogP contribution in [-0.2, 0) is 9.57 Å². The van der Waals surface area contributed by atoms with Gasteiger partial charge in [-0.15, -0.1) is 11.8 Å². The fourth-order valence-electron chi connectivity index (χ4n) is 1.62. The SMILES string of the molecule is CCC(C)Sc1ccc(OCCOC(=S)N(CC)OC)cc1. The highest BCUT2D eigenvalue weighted by atomic mass is 32.2. The average Bonchev–Trinajstić information content (AvgIpc) is 2.54. The van der Waals surface area contributed by atoms with Gasteiger partial charge in [-0.1, -0.05) is 13.8 Å². The van der Waals surface area contributed by atoms with Crippen molar-refractivity contribution in [3.63, 3.8) is 0 Å². The molecule has 0 saturated carbocycles. The van der Waals surface area contributed by atoms with Gasteiger partial charge in [0.1, 0.15) is 19.0 Å². The highest BCUT2D eigenvalue weighted by Gasteiger charge is 2.07. The van der Waals surface area contributed by atoms with Crippen LogP contribution in [0.5, 0.6) is 5.75 Å². The third-order valence-electron chi connectivity index (χ3n) is 3.02. The molecule has 1 aromatic carbocycles. The molecule has 0 amide bonds. The summed E-state index contributed by atoms with van der Waals surface area (Å²) in [5.74, 6) is 0.835. The van der Waals surface area contributed by atoms with Crippen LogP contribution in [0.3, 0.4) is 0 Å². The smallest absolute Gasteiger partial charge is 0.283 e. The van der Waals surface area contributed by atoms with Crippen molar-refractivity contribution in [1.82, 2.24) is 5.06 Å². The normalized spacial score (nSPS) is 11.8. The number of hydrogen-bond acceptors (Lipinski definition) is 5. The summed E-state index contributed by atoms with van der Waals surface area (Å²) in [7, 11) is 1.56. The Hall–Kier alpha value is -0.980. The van der Waals surface area contributed by atoms with E-state index >= 15 is 0 Å². The van der Waals surface area contributed by atoms with Gasteiger partial charge in [0.2, 0.25) is 0 Å². The minimum atomic E-state index is 0.328. The van der Waals surface area contributed by atoms with Crippen LogP contribution < -0.4 is 4.74 Å². The van der Waals surface area contributed by atoms with Gasteiger partial charge in [-0.3, -0.25) is 4.84 Å². The molecule has 0 aliphatic heterocycles. The van der Waals surface area contributed by atoms with E-state index in [0.29, 0.717) is 30.2 Å². The minimum Gasteiger partial charge on any atom is -0.490 e. The van der Waals surface area contributed by atoms with Gasteiger partial charge >= 0.3 is 0 Å². The van der Waals surface area contributed by atoms with Crippen LogP contribution in [0.2, 0.25) is 0 Å². The number of thioether (sulfide) groups is 1. The van der Waals surface area contributed by atoms with Gasteiger partial charge in [0.25, 0.3) is 5.17 Å². The van der Waals surface area contributed by atoms with Crippen molar-refractivity contribution in [3.05, 3.63) is 24.3 Å². The van der Waals surface area contributed by atoms with Crippen molar-refractivity contribution < 1.29 is 14.3 Å². The molecule has 6 heteroatoms. The predicted molar refractivity (Wildman–Crippen MR) is 95.5 cm³/mol. The third-order valence-corrected chi connectivity index (χ3v) is 4.63. The van der Waals surface area contributed by atoms with Crippen molar-refractivity contribution in [1.29, 1.82) is 0 Å². The lowest BCUT2D eigenvalue weighted by Gasteiger charge is -2.20. The molecule has 1 rings (SSSR count). The number of rotatable bonds is 9. The van der Waals surface area contributed by atoms with Crippen molar-refractivity contribution in [2.45, 2.75) is 37.3 Å². The molecule has 0 radical (unpaired) electrons. The maximum absolute atomic E-state index is 5.64. The zero-order valence-electron chi connectivity index (χ0n) is 13.7. The molecule has 0 fully saturated rings. The van der Waals surface area contributed by atoms with Crippen LogP contribution in [0.25, 0.3) is 0 Å². The number of benzene rings is 1. The lowest BCUT2D eigenvalue weighted by molar-refractivity contribution is -0.0779. The van der Waals surface area contributed by atoms with Crippen molar-refractivity contribution >= 4 is 29.2 Å². The molecular formula is C16H25NO3S2. The monoisotopic (exact) mass is 343 g/mol. The van der Waals surface area contributed by atoms with E-state index in [4.69, 9.17) is 26.5 Å². The first kappa shape index (κ1) is 19.1. The molecule has 0 spiro atoms. The van der Waals surface area contributed by atoms with Crippen LogP contribution in [-0.4, -0.2) is 42.4 Å². The Morgan fingerprint density at radius 3 is 2.45 bits per heavy atom. The largest absolute Gasteiger partial charge is 0.490 e. The number of thiocarbonyl (C=S) groups is 1. The van der Waals surface area contributed by atoms with Gasteiger partial charge in [-0.05, 0) is 49.8 Å². The average molecular weight is 344 g/mol. The van der Waals surface area contributed by atoms with E-state index in [1.165, 1.54) is 9.96 Å². The quantitative estimate of drug-likeness (QED) is 0.290. The Bertz CT molecular complexity index is 436. The first-order valence-corrected chi connectivity index (χ1v) is 8.77. The Morgan fingerprint density at radius 1 is 1.23 bits per heavy atom. The fraction of sp³-hybridized carbons (Fsp3) is 0.562. The molecule has 0 saturated heterocycles. The summed E-state index contributed by atoms with van der Waals surface area (Å²) in [5, 5.41) is 2.47. The molecule has 0 aromatic heterocycles. The fourth-order valence-corrected chi connectivity index (χ4v) is 2.83. The number of nitrogens with zero attached hydrogens (tertiary/aromatic N) is 1. The number of hydrogen-bond donors (Lipinski definition) is 0. The third kappa shape index (κ3) is 6.85. The Kier molecular flexibility index (Phi) is 9.27. The molecule has 0 heterocycles. The maximum Gasteiger partial charge on any atom is 0.283 e. The van der Waals surface area contributed by atoms with E-state index < -0.39 is 0 Å². The Balaban J connectivity index is 2.29. The van der Waals surface area contributed by atoms with E-state index in [0.717, 1.165) is 12.2 Å². The summed E-state index contributed by atoms with van der Waals surface area (Å²) in [6, 6.07) is 8.13. The molecule has 0 aliphatic carbocycles. The summed E-state index contributed by atoms with van der Waals surface area (Å²) in [5.41, 5.74) is 0. The highest BCUT2D eigenvalue weighted by Crippen LogP contribution is 2.26. The van der Waals surface area contributed by atoms with Crippen molar-refractivity contribution in [3.8, 4) is 5.75 Å². The summed E-state index contributed by atoms with van der Waals surface area (Å²) in [4.78, 5) is 6.32. The second kappa shape index (κ2) is 10.7. The van der Waals surface area contributed by atoms with E-state index in [2.05, 4.69) is 26.0 Å². The lowest BCUT2D eigenvalue weighted by Crippen LogP contribution is -2.31. The summed E-state index contributed by atoms with van der Waals surface area (Å²) in [6.07, 6.45) is 1.16. The molecule has 22 heavy (non-hydrogen) atoms. The summed E-state index contributed by atoms with van der Waals surface area (Å²) in [6.45, 7) is 7.85. The summed E-state index contributed by atoms with van der Waals surface area (Å²) < 4.78 is 11.0. The zero-order valence-corrected chi connectivity index (χ0v) is 15.3. The van der Waals surface area contributed by atoms with Gasteiger partial charge < -0.3 is 9.47 Å². The molecular weight excluding hydrogens is 318 g/mol. The molecule has 0 aliphatic rings. The van der Waals surface area contributed by atoms with Crippen LogP contribution in [0, 0.1) is 0 Å². The first-order valence-electron chi connectivity index (χ1n) is 7.48. The maximum atomic E-state index is 5.64. The second-order valence-electron chi connectivity index (χ2n) is 4.65. The molecule has 1 aromatic rings. The lowest BCUT2D eigenvalue weighted by atomic mass is 10.3. The molecule has 124 valence electrons. The Labute approximate surface area is 143 Å². The standard InChI is InChI=1S/C16H25NO3S2/c1-5-13(3)22-15-9-7-14(8-10-15)19-11-12-20-16(21)17(6-2)18-4/h7-10,13H,5-6,11-12H2,1-4H3. The van der Waals surface area contributed by atoms with Crippen LogP contribution in [0.15, 0.2) is 29.2 Å². The first-order chi connectivity index (χ1) is 10.6. The van der Waals surface area contributed by atoms with Gasteiger partial charge in [0, 0.05) is 16.7 Å². The van der Waals surface area contributed by atoms with Gasteiger partial charge in [0.05, 0.1) is 7.11 Å². The predicted octanol–water partition coefficient (Wildman–Crippen LogP) is 4.14. The minimum absolute atomic E-state index is 0.328. The van der Waals surface area contributed by atoms with Crippen LogP contribution in [0.1, 0.15) is 27.2 Å². The van der Waals surface area contributed by atoms with E-state index in [9.17, 15) is 0 Å². The van der Waals surface area contributed by atoms with Gasteiger partial charge in [-0.25, -0.2) is 5.06 Å². The molecule has 0 N–H and O–H groups in total. The Morgan fingerprint density at radius 2 is 1.91 bits per heavy atom. The van der Waals surface area contributed by atoms with Gasteiger partial charge in [0.15, 0.2) is 0 Å². The van der Waals surface area contributed by atoms with E-state index in [1.54, 1.807) is 7.11 Å². The van der Waals surface area contributed by atoms with Crippen LogP contribution in [0.4, 0.5) is 0 Å². The molecule has 1 atom stereocenters.